The molecule has 3 rings (SSSR count). The Morgan fingerprint density at radius 2 is 1.49 bits per heavy atom. The zero-order chi connectivity index (χ0) is 29.2. The van der Waals surface area contributed by atoms with E-state index in [0.717, 1.165) is 0 Å². The third-order valence-electron chi connectivity index (χ3n) is 5.02. The topological polar surface area (TPSA) is 66.9 Å². The number of alkyl halides is 9. The number of hydrazine groups is 1. The Kier molecular flexibility index (Phi) is 8.43. The van der Waals surface area contributed by atoms with Crippen LogP contribution < -0.4 is 10.9 Å². The van der Waals surface area contributed by atoms with Crippen molar-refractivity contribution in [3.8, 4) is 0 Å². The van der Waals surface area contributed by atoms with Gasteiger partial charge in [-0.2, -0.15) is 39.5 Å². The summed E-state index contributed by atoms with van der Waals surface area (Å²) in [7, 11) is 0. The van der Waals surface area contributed by atoms with Crippen LogP contribution in [0.5, 0.6) is 0 Å². The number of nitrogens with zero attached hydrogens (tertiary/aromatic N) is 2. The number of amides is 1. The predicted molar refractivity (Wildman–Crippen MR) is 119 cm³/mol. The molecule has 0 bridgehead atoms. The molecule has 2 aromatic carbocycles. The molecule has 0 fully saturated rings. The molecule has 1 atom stereocenters. The maximum absolute atomic E-state index is 14.9. The molecular formula is C23H13ClF10N4O. The van der Waals surface area contributed by atoms with Gasteiger partial charge in [0.05, 0.1) is 21.7 Å². The molecule has 0 radical (unpaired) electrons. The van der Waals surface area contributed by atoms with E-state index in [4.69, 9.17) is 11.6 Å². The van der Waals surface area contributed by atoms with Crippen LogP contribution in [0.3, 0.4) is 0 Å². The van der Waals surface area contributed by atoms with Gasteiger partial charge in [0.1, 0.15) is 11.7 Å². The molecule has 0 aliphatic carbocycles. The first-order valence-corrected chi connectivity index (χ1v) is 10.7. The molecule has 208 valence electrons. The quantitative estimate of drug-likeness (QED) is 0.231. The summed E-state index contributed by atoms with van der Waals surface area (Å²) in [6.45, 7) is 0. The minimum Gasteiger partial charge on any atom is -0.267 e. The van der Waals surface area contributed by atoms with Crippen molar-refractivity contribution in [3.63, 3.8) is 0 Å². The number of nitrogens with one attached hydrogen (secondary N) is 2. The summed E-state index contributed by atoms with van der Waals surface area (Å²) in [4.78, 5) is 19.7. The Hall–Kier alpha value is -3.88. The second-order valence-electron chi connectivity index (χ2n) is 7.68. The molecular weight excluding hydrogens is 574 g/mol. The number of rotatable bonds is 6. The highest BCUT2D eigenvalue weighted by Crippen LogP contribution is 2.42. The van der Waals surface area contributed by atoms with Crippen molar-refractivity contribution < 1.29 is 48.7 Å². The van der Waals surface area contributed by atoms with E-state index < -0.39 is 69.0 Å². The largest absolute Gasteiger partial charge is 0.417 e. The van der Waals surface area contributed by atoms with Crippen LogP contribution in [0.25, 0.3) is 5.83 Å². The van der Waals surface area contributed by atoms with Crippen molar-refractivity contribution in [3.05, 3.63) is 93.8 Å². The first-order valence-electron chi connectivity index (χ1n) is 10.3. The Balaban J connectivity index is 1.98. The molecule has 1 unspecified atom stereocenters. The van der Waals surface area contributed by atoms with Crippen molar-refractivity contribution in [1.29, 1.82) is 0 Å². The Morgan fingerprint density at radius 3 is 2.03 bits per heavy atom. The summed E-state index contributed by atoms with van der Waals surface area (Å²) in [5, 5.41) is -1.09. The first kappa shape index (κ1) is 29.7. The molecule has 3 aromatic rings. The monoisotopic (exact) mass is 586 g/mol. The third kappa shape index (κ3) is 7.37. The van der Waals surface area contributed by atoms with Crippen LogP contribution in [-0.4, -0.2) is 22.1 Å². The van der Waals surface area contributed by atoms with E-state index in [1.807, 2.05) is 5.43 Å². The maximum atomic E-state index is 14.9. The van der Waals surface area contributed by atoms with Crippen LogP contribution in [0.15, 0.2) is 60.9 Å². The summed E-state index contributed by atoms with van der Waals surface area (Å²) in [6.07, 6.45) is -13.1. The summed E-state index contributed by atoms with van der Waals surface area (Å²) in [5.41, 5.74) is -1.94. The normalized spacial score (nSPS) is 13.7. The summed E-state index contributed by atoms with van der Waals surface area (Å²) >= 11 is 5.47. The van der Waals surface area contributed by atoms with E-state index >= 15 is 0 Å². The zero-order valence-corrected chi connectivity index (χ0v) is 19.6. The lowest BCUT2D eigenvalue weighted by Gasteiger charge is -2.19. The average molecular weight is 587 g/mol. The van der Waals surface area contributed by atoms with Crippen LogP contribution >= 0.6 is 11.6 Å². The van der Waals surface area contributed by atoms with Gasteiger partial charge < -0.3 is 0 Å². The lowest BCUT2D eigenvalue weighted by Crippen LogP contribution is -2.32. The first-order chi connectivity index (χ1) is 18.0. The summed E-state index contributed by atoms with van der Waals surface area (Å²) in [5.74, 6) is -6.18. The van der Waals surface area contributed by atoms with E-state index in [1.165, 1.54) is 18.5 Å². The molecule has 0 aliphatic heterocycles. The fourth-order valence-electron chi connectivity index (χ4n) is 3.25. The van der Waals surface area contributed by atoms with Crippen LogP contribution in [-0.2, 0) is 12.4 Å². The number of hydrogen-bond donors (Lipinski definition) is 2. The van der Waals surface area contributed by atoms with E-state index in [9.17, 15) is 48.7 Å². The van der Waals surface area contributed by atoms with Gasteiger partial charge in [0.15, 0.2) is 0 Å². The third-order valence-corrected chi connectivity index (χ3v) is 5.33. The number of carbonyl (C=O) groups is 1. The van der Waals surface area contributed by atoms with E-state index in [1.54, 1.807) is 0 Å². The van der Waals surface area contributed by atoms with Gasteiger partial charge in [-0.1, -0.05) is 23.7 Å². The molecule has 0 saturated heterocycles. The van der Waals surface area contributed by atoms with Crippen LogP contribution in [0.2, 0.25) is 5.02 Å². The second kappa shape index (κ2) is 11.1. The van der Waals surface area contributed by atoms with Crippen molar-refractivity contribution in [2.75, 3.05) is 5.43 Å². The minimum absolute atomic E-state index is 0.109. The number of aromatic nitrogens is 2. The van der Waals surface area contributed by atoms with Gasteiger partial charge in [-0.25, -0.2) is 14.4 Å². The van der Waals surface area contributed by atoms with Crippen molar-refractivity contribution >= 4 is 29.3 Å². The van der Waals surface area contributed by atoms with Gasteiger partial charge in [-0.15, -0.1) is 0 Å². The molecule has 5 nitrogen and oxygen atoms in total. The van der Waals surface area contributed by atoms with Crippen molar-refractivity contribution in [1.82, 2.24) is 15.4 Å². The fraction of sp³-hybridized carbons (Fsp3) is 0.174. The SMILES string of the molecule is O=C(NNc1ncccn1)c1ccc(/C(F)=C/C(c2ccc(C(F)(F)F)c(Cl)c2)C(F)(F)F)cc1C(F)(F)F. The molecule has 0 saturated carbocycles. The second-order valence-corrected chi connectivity index (χ2v) is 8.09. The lowest BCUT2D eigenvalue weighted by molar-refractivity contribution is -0.140. The highest BCUT2D eigenvalue weighted by molar-refractivity contribution is 6.31. The van der Waals surface area contributed by atoms with Crippen LogP contribution in [0.4, 0.5) is 49.9 Å². The number of carbonyl (C=O) groups excluding carboxylic acids is 1. The highest BCUT2D eigenvalue weighted by atomic mass is 35.5. The number of anilines is 1. The van der Waals surface area contributed by atoms with Gasteiger partial charge in [-0.05, 0) is 42.0 Å². The van der Waals surface area contributed by atoms with Crippen molar-refractivity contribution in [2.45, 2.75) is 24.4 Å². The average Bonchev–Trinajstić information content (AvgIpc) is 2.83. The van der Waals surface area contributed by atoms with Gasteiger partial charge in [0, 0.05) is 18.0 Å². The van der Waals surface area contributed by atoms with Crippen molar-refractivity contribution in [2.24, 2.45) is 0 Å². The fourth-order valence-corrected chi connectivity index (χ4v) is 3.54. The highest BCUT2D eigenvalue weighted by Gasteiger charge is 2.42. The van der Waals surface area contributed by atoms with E-state index in [0.29, 0.717) is 24.3 Å². The Labute approximate surface area is 217 Å². The summed E-state index contributed by atoms with van der Waals surface area (Å²) in [6, 6.07) is 3.73. The molecule has 1 aromatic heterocycles. The van der Waals surface area contributed by atoms with Gasteiger partial charge in [0.2, 0.25) is 5.95 Å². The van der Waals surface area contributed by atoms with Gasteiger partial charge in [-0.3, -0.25) is 15.6 Å². The summed E-state index contributed by atoms with van der Waals surface area (Å²) < 4.78 is 136. The lowest BCUT2D eigenvalue weighted by atomic mass is 9.94. The van der Waals surface area contributed by atoms with Gasteiger partial charge in [0.25, 0.3) is 5.91 Å². The minimum atomic E-state index is -5.27. The number of allylic oxidation sites excluding steroid dienone is 1. The van der Waals surface area contributed by atoms with Crippen LogP contribution in [0, 0.1) is 0 Å². The molecule has 0 aliphatic rings. The zero-order valence-electron chi connectivity index (χ0n) is 18.8. The van der Waals surface area contributed by atoms with E-state index in [-0.39, 0.29) is 24.2 Å². The maximum Gasteiger partial charge on any atom is 0.417 e. The smallest absolute Gasteiger partial charge is 0.267 e. The molecule has 39 heavy (non-hydrogen) atoms. The Bertz CT molecular complexity index is 1370. The van der Waals surface area contributed by atoms with Gasteiger partial charge >= 0.3 is 18.5 Å². The molecule has 1 amide bonds. The molecule has 16 heteroatoms. The number of hydrogen-bond acceptors (Lipinski definition) is 4. The number of halogens is 11. The predicted octanol–water partition coefficient (Wildman–Crippen LogP) is 7.58. The number of benzene rings is 2. The Morgan fingerprint density at radius 1 is 0.872 bits per heavy atom. The molecule has 2 N–H and O–H groups in total. The van der Waals surface area contributed by atoms with E-state index in [2.05, 4.69) is 15.4 Å². The molecule has 1 heterocycles. The van der Waals surface area contributed by atoms with Crippen LogP contribution in [0.1, 0.15) is 38.5 Å². The molecule has 0 spiro atoms. The standard InChI is InChI=1S/C23H13ClF10N4O/c24-17-9-11(3-5-14(17)21(26,27)28)15(22(29,30)31)10-18(25)12-2-4-13(16(8-12)23(32,33)34)19(39)37-38-20-35-6-1-7-36-20/h1-10,15H,(H,37,39)(H,35,36,38)/b18-10-.